The van der Waals surface area contributed by atoms with Crippen LogP contribution >= 0.6 is 0 Å². The van der Waals surface area contributed by atoms with Crippen molar-refractivity contribution in [1.82, 2.24) is 14.7 Å². The second-order valence-corrected chi connectivity index (χ2v) is 5.99. The predicted molar refractivity (Wildman–Crippen MR) is 87.2 cm³/mol. The number of aromatic nitrogens is 2. The van der Waals surface area contributed by atoms with Crippen molar-refractivity contribution in [1.29, 1.82) is 0 Å². The van der Waals surface area contributed by atoms with Gasteiger partial charge in [-0.1, -0.05) is 18.2 Å². The molecule has 1 fully saturated rings. The van der Waals surface area contributed by atoms with Crippen molar-refractivity contribution < 1.29 is 4.79 Å². The number of para-hydroxylation sites is 1. The molecule has 1 aliphatic heterocycles. The Bertz CT molecular complexity index is 642. The van der Waals surface area contributed by atoms with Crippen molar-refractivity contribution in [2.75, 3.05) is 25.5 Å². The third-order valence-electron chi connectivity index (χ3n) is 4.23. The van der Waals surface area contributed by atoms with Crippen LogP contribution in [0.15, 0.2) is 36.4 Å². The van der Waals surface area contributed by atoms with Gasteiger partial charge in [-0.25, -0.2) is 4.68 Å². The summed E-state index contributed by atoms with van der Waals surface area (Å²) in [5.41, 5.74) is 2.00. The first-order valence-corrected chi connectivity index (χ1v) is 7.75. The maximum Gasteiger partial charge on any atom is 0.228 e. The molecule has 2 heterocycles. The van der Waals surface area contributed by atoms with Crippen LogP contribution in [-0.2, 0) is 4.79 Å². The zero-order valence-corrected chi connectivity index (χ0v) is 13.1. The normalized spacial score (nSPS) is 16.6. The molecule has 0 radical (unpaired) electrons. The Morgan fingerprint density at radius 2 is 1.91 bits per heavy atom. The largest absolute Gasteiger partial charge is 0.309 e. The Labute approximate surface area is 130 Å². The molecule has 0 saturated carbocycles. The molecule has 1 saturated heterocycles. The average Bonchev–Trinajstić information content (AvgIpc) is 2.89. The fraction of sp³-hybridized carbons (Fsp3) is 0.412. The number of carbonyl (C=O) groups is 1. The van der Waals surface area contributed by atoms with Crippen molar-refractivity contribution >= 4 is 11.7 Å². The van der Waals surface area contributed by atoms with E-state index in [1.807, 2.05) is 48.0 Å². The monoisotopic (exact) mass is 298 g/mol. The number of aryl methyl sites for hydroxylation is 1. The lowest BCUT2D eigenvalue weighted by molar-refractivity contribution is -0.121. The summed E-state index contributed by atoms with van der Waals surface area (Å²) in [7, 11) is 2.10. The van der Waals surface area contributed by atoms with E-state index in [1.54, 1.807) is 0 Å². The summed E-state index contributed by atoms with van der Waals surface area (Å²) in [5.74, 6) is 0.814. The molecule has 0 aliphatic carbocycles. The number of nitrogens with zero attached hydrogens (tertiary/aromatic N) is 3. The fourth-order valence-electron chi connectivity index (χ4n) is 2.87. The third-order valence-corrected chi connectivity index (χ3v) is 4.23. The summed E-state index contributed by atoms with van der Waals surface area (Å²) in [6.45, 7) is 3.95. The minimum Gasteiger partial charge on any atom is -0.309 e. The summed E-state index contributed by atoms with van der Waals surface area (Å²) < 4.78 is 1.85. The van der Waals surface area contributed by atoms with Crippen LogP contribution in [0, 0.1) is 12.8 Å². The second-order valence-electron chi connectivity index (χ2n) is 5.99. The van der Waals surface area contributed by atoms with E-state index in [9.17, 15) is 4.79 Å². The Morgan fingerprint density at radius 1 is 1.23 bits per heavy atom. The van der Waals surface area contributed by atoms with Crippen LogP contribution in [0.3, 0.4) is 0 Å². The zero-order chi connectivity index (χ0) is 15.5. The van der Waals surface area contributed by atoms with E-state index in [4.69, 9.17) is 0 Å². The van der Waals surface area contributed by atoms with Crippen molar-refractivity contribution in [3.8, 4) is 5.69 Å². The van der Waals surface area contributed by atoms with E-state index < -0.39 is 0 Å². The number of nitrogens with one attached hydrogen (secondary N) is 1. The fourth-order valence-corrected chi connectivity index (χ4v) is 2.87. The highest BCUT2D eigenvalue weighted by Gasteiger charge is 2.24. The van der Waals surface area contributed by atoms with Crippen LogP contribution < -0.4 is 5.32 Å². The van der Waals surface area contributed by atoms with Gasteiger partial charge in [0.2, 0.25) is 5.91 Å². The van der Waals surface area contributed by atoms with Crippen molar-refractivity contribution in [3.63, 3.8) is 0 Å². The van der Waals surface area contributed by atoms with Gasteiger partial charge >= 0.3 is 0 Å². The molecule has 5 nitrogen and oxygen atoms in total. The lowest BCUT2D eigenvalue weighted by Gasteiger charge is -2.27. The molecule has 116 valence electrons. The van der Waals surface area contributed by atoms with Gasteiger partial charge in [0.25, 0.3) is 0 Å². The maximum absolute atomic E-state index is 12.4. The molecule has 22 heavy (non-hydrogen) atoms. The van der Waals surface area contributed by atoms with Crippen LogP contribution in [0.2, 0.25) is 0 Å². The highest BCUT2D eigenvalue weighted by Crippen LogP contribution is 2.19. The van der Waals surface area contributed by atoms with Crippen molar-refractivity contribution in [3.05, 3.63) is 42.1 Å². The lowest BCUT2D eigenvalue weighted by Crippen LogP contribution is -2.36. The van der Waals surface area contributed by atoms with Gasteiger partial charge in [-0.15, -0.1) is 5.10 Å². The number of amides is 1. The van der Waals surface area contributed by atoms with Gasteiger partial charge < -0.3 is 10.2 Å². The molecule has 3 rings (SSSR count). The van der Waals surface area contributed by atoms with Gasteiger partial charge in [0.05, 0.1) is 5.69 Å². The highest BCUT2D eigenvalue weighted by molar-refractivity contribution is 5.91. The Morgan fingerprint density at radius 3 is 2.59 bits per heavy atom. The number of hydrogen-bond donors (Lipinski definition) is 1. The molecule has 0 spiro atoms. The first-order valence-electron chi connectivity index (χ1n) is 7.75. The third kappa shape index (κ3) is 3.20. The number of anilines is 1. The standard InChI is InChI=1S/C17H22N4O/c1-13-12-16(19-21(13)15-6-4-3-5-7-15)18-17(22)14-8-10-20(2)11-9-14/h3-7,12,14H,8-11H2,1-2H3,(H,18,19,22). The van der Waals surface area contributed by atoms with E-state index in [2.05, 4.69) is 22.4 Å². The van der Waals surface area contributed by atoms with Gasteiger partial charge in [-0.3, -0.25) is 4.79 Å². The zero-order valence-electron chi connectivity index (χ0n) is 13.1. The van der Waals surface area contributed by atoms with Crippen molar-refractivity contribution in [2.45, 2.75) is 19.8 Å². The quantitative estimate of drug-likeness (QED) is 0.947. The van der Waals surface area contributed by atoms with Gasteiger partial charge in [0.15, 0.2) is 5.82 Å². The minimum absolute atomic E-state index is 0.0887. The molecular weight excluding hydrogens is 276 g/mol. The Kier molecular flexibility index (Phi) is 4.24. The van der Waals surface area contributed by atoms with Crippen LogP contribution in [0.1, 0.15) is 18.5 Å². The summed E-state index contributed by atoms with van der Waals surface area (Å²) in [5, 5.41) is 7.47. The number of rotatable bonds is 3. The molecule has 1 aliphatic rings. The molecule has 1 amide bonds. The molecule has 1 aromatic carbocycles. The van der Waals surface area contributed by atoms with E-state index in [1.165, 1.54) is 0 Å². The molecule has 2 aromatic rings. The summed E-state index contributed by atoms with van der Waals surface area (Å²) in [6, 6.07) is 11.9. The van der Waals surface area contributed by atoms with Crippen LogP contribution in [0.25, 0.3) is 5.69 Å². The summed E-state index contributed by atoms with van der Waals surface area (Å²) >= 11 is 0. The molecule has 0 bridgehead atoms. The number of piperidine rings is 1. The maximum atomic E-state index is 12.4. The summed E-state index contributed by atoms with van der Waals surface area (Å²) in [4.78, 5) is 14.6. The van der Waals surface area contributed by atoms with Gasteiger partial charge in [0.1, 0.15) is 0 Å². The number of benzene rings is 1. The molecule has 0 atom stereocenters. The van der Waals surface area contributed by atoms with E-state index in [0.29, 0.717) is 5.82 Å². The van der Waals surface area contributed by atoms with Crippen LogP contribution in [-0.4, -0.2) is 40.7 Å². The lowest BCUT2D eigenvalue weighted by atomic mass is 9.96. The predicted octanol–water partition coefficient (Wildman–Crippen LogP) is 2.46. The molecule has 1 N–H and O–H groups in total. The topological polar surface area (TPSA) is 50.2 Å². The van der Waals surface area contributed by atoms with Crippen molar-refractivity contribution in [2.24, 2.45) is 5.92 Å². The number of hydrogen-bond acceptors (Lipinski definition) is 3. The van der Waals surface area contributed by atoms with E-state index >= 15 is 0 Å². The van der Waals surface area contributed by atoms with Crippen LogP contribution in [0.5, 0.6) is 0 Å². The number of carbonyl (C=O) groups excluding carboxylic acids is 1. The Hall–Kier alpha value is -2.14. The van der Waals surface area contributed by atoms with Gasteiger partial charge in [0, 0.05) is 17.7 Å². The Balaban J connectivity index is 1.70. The van der Waals surface area contributed by atoms with Gasteiger partial charge in [-0.05, 0) is 52.0 Å². The molecule has 5 heteroatoms. The average molecular weight is 298 g/mol. The molecule has 0 unspecified atom stereocenters. The minimum atomic E-state index is 0.0887. The summed E-state index contributed by atoms with van der Waals surface area (Å²) in [6.07, 6.45) is 1.83. The smallest absolute Gasteiger partial charge is 0.228 e. The molecule has 1 aromatic heterocycles. The van der Waals surface area contributed by atoms with E-state index in [-0.39, 0.29) is 11.8 Å². The highest BCUT2D eigenvalue weighted by atomic mass is 16.2. The number of likely N-dealkylation sites (tertiary alicyclic amines) is 1. The molecular formula is C17H22N4O. The first kappa shape index (κ1) is 14.8. The van der Waals surface area contributed by atoms with Gasteiger partial charge in [-0.2, -0.15) is 0 Å². The first-order chi connectivity index (χ1) is 10.6. The van der Waals surface area contributed by atoms with Crippen LogP contribution in [0.4, 0.5) is 5.82 Å². The second kappa shape index (κ2) is 6.32. The SMILES string of the molecule is Cc1cc(NC(=O)C2CCN(C)CC2)nn1-c1ccccc1. The van der Waals surface area contributed by atoms with E-state index in [0.717, 1.165) is 37.3 Å².